The number of hydrogen-bond acceptors (Lipinski definition) is 5. The van der Waals surface area contributed by atoms with Crippen molar-refractivity contribution in [1.29, 1.82) is 0 Å². The maximum atomic E-state index is 14.0. The summed E-state index contributed by atoms with van der Waals surface area (Å²) in [5.74, 6) is 0.291. The van der Waals surface area contributed by atoms with E-state index in [0.717, 1.165) is 29.7 Å². The maximum absolute atomic E-state index is 14.0. The minimum absolute atomic E-state index is 0.119. The van der Waals surface area contributed by atoms with Crippen LogP contribution < -0.4 is 4.74 Å². The second kappa shape index (κ2) is 8.61. The maximum Gasteiger partial charge on any atom is 0.126 e. The Labute approximate surface area is 164 Å². The van der Waals surface area contributed by atoms with E-state index in [2.05, 4.69) is 17.0 Å². The van der Waals surface area contributed by atoms with Crippen LogP contribution in [0.1, 0.15) is 23.1 Å². The average Bonchev–Trinajstić information content (AvgIpc) is 3.22. The topological polar surface area (TPSA) is 56.2 Å². The van der Waals surface area contributed by atoms with Crippen molar-refractivity contribution in [1.82, 2.24) is 9.80 Å². The Kier molecular flexibility index (Phi) is 6.16. The minimum atomic E-state index is -0.994. The standard InChI is InChI=1S/C21H30F2N2O3/c22-19-10-24(8-17(19)12-26)6-14-4-15-2-1-3-28-21(15)16(5-14)7-25-9-18(13-27)20(23)11-25/h4-5,17-20,26-27H,1-3,6-13H2/t17-,18-,19+,20+/m0/s1. The molecule has 0 spiro atoms. The smallest absolute Gasteiger partial charge is 0.126 e. The first-order chi connectivity index (χ1) is 13.6. The quantitative estimate of drug-likeness (QED) is 0.764. The summed E-state index contributed by atoms with van der Waals surface area (Å²) >= 11 is 0. The van der Waals surface area contributed by atoms with Crippen LogP contribution >= 0.6 is 0 Å². The van der Waals surface area contributed by atoms with Gasteiger partial charge in [-0.15, -0.1) is 0 Å². The van der Waals surface area contributed by atoms with Crippen LogP contribution in [0.2, 0.25) is 0 Å². The molecule has 4 atom stereocenters. The summed E-state index contributed by atoms with van der Waals surface area (Å²) in [6.45, 7) is 3.47. The molecule has 3 aliphatic rings. The number of aryl methyl sites for hydroxylation is 1. The Morgan fingerprint density at radius 2 is 1.57 bits per heavy atom. The largest absolute Gasteiger partial charge is 0.493 e. The molecular formula is C21H30F2N2O3. The van der Waals surface area contributed by atoms with Crippen molar-refractivity contribution >= 4 is 0 Å². The molecule has 0 saturated carbocycles. The van der Waals surface area contributed by atoms with Crippen molar-refractivity contribution in [2.75, 3.05) is 46.0 Å². The number of halogens is 2. The number of nitrogens with zero attached hydrogens (tertiary/aromatic N) is 2. The van der Waals surface area contributed by atoms with E-state index in [9.17, 15) is 19.0 Å². The van der Waals surface area contributed by atoms with Crippen LogP contribution in [0.4, 0.5) is 8.78 Å². The Balaban J connectivity index is 1.52. The highest BCUT2D eigenvalue weighted by atomic mass is 19.1. The van der Waals surface area contributed by atoms with Gasteiger partial charge in [0.05, 0.1) is 6.61 Å². The van der Waals surface area contributed by atoms with Gasteiger partial charge in [-0.25, -0.2) is 8.78 Å². The lowest BCUT2D eigenvalue weighted by atomic mass is 9.98. The van der Waals surface area contributed by atoms with Crippen molar-refractivity contribution in [3.05, 3.63) is 28.8 Å². The van der Waals surface area contributed by atoms with Crippen LogP contribution in [-0.4, -0.2) is 78.4 Å². The van der Waals surface area contributed by atoms with Crippen molar-refractivity contribution in [2.24, 2.45) is 11.8 Å². The van der Waals surface area contributed by atoms with Gasteiger partial charge in [0.25, 0.3) is 0 Å². The summed E-state index contributed by atoms with van der Waals surface area (Å²) in [6, 6.07) is 4.25. The molecule has 0 aromatic heterocycles. The van der Waals surface area contributed by atoms with E-state index >= 15 is 0 Å². The molecule has 0 amide bonds. The first kappa shape index (κ1) is 20.0. The number of ether oxygens (including phenoxy) is 1. The zero-order valence-electron chi connectivity index (χ0n) is 16.2. The molecule has 2 saturated heterocycles. The van der Waals surface area contributed by atoms with Gasteiger partial charge in [0.15, 0.2) is 0 Å². The Morgan fingerprint density at radius 1 is 0.929 bits per heavy atom. The van der Waals surface area contributed by atoms with E-state index in [0.29, 0.717) is 45.9 Å². The van der Waals surface area contributed by atoms with Gasteiger partial charge < -0.3 is 14.9 Å². The molecule has 1 aromatic carbocycles. The molecule has 5 nitrogen and oxygen atoms in total. The molecule has 1 aromatic rings. The molecule has 7 heteroatoms. The summed E-state index contributed by atoms with van der Waals surface area (Å²) in [4.78, 5) is 4.09. The Morgan fingerprint density at radius 3 is 2.18 bits per heavy atom. The number of aliphatic hydroxyl groups excluding tert-OH is 2. The lowest BCUT2D eigenvalue weighted by molar-refractivity contribution is 0.174. The summed E-state index contributed by atoms with van der Waals surface area (Å²) < 4.78 is 34.0. The Hall–Kier alpha value is -1.28. The third kappa shape index (κ3) is 4.17. The van der Waals surface area contributed by atoms with Gasteiger partial charge in [0.1, 0.15) is 18.1 Å². The molecule has 2 N–H and O–H groups in total. The molecular weight excluding hydrogens is 366 g/mol. The first-order valence-corrected chi connectivity index (χ1v) is 10.3. The zero-order valence-corrected chi connectivity index (χ0v) is 16.2. The third-order valence-electron chi connectivity index (χ3n) is 6.28. The summed E-state index contributed by atoms with van der Waals surface area (Å²) in [6.07, 6.45) is -0.0494. The van der Waals surface area contributed by atoms with Crippen LogP contribution in [0.25, 0.3) is 0 Å². The van der Waals surface area contributed by atoms with Gasteiger partial charge in [-0.1, -0.05) is 6.07 Å². The van der Waals surface area contributed by atoms with E-state index in [4.69, 9.17) is 4.74 Å². The Bertz CT molecular complexity index is 690. The second-order valence-electron chi connectivity index (χ2n) is 8.50. The molecule has 4 rings (SSSR count). The predicted molar refractivity (Wildman–Crippen MR) is 102 cm³/mol. The van der Waals surface area contributed by atoms with Gasteiger partial charge in [-0.05, 0) is 30.0 Å². The zero-order chi connectivity index (χ0) is 19.7. The highest BCUT2D eigenvalue weighted by molar-refractivity contribution is 5.46. The highest BCUT2D eigenvalue weighted by Crippen LogP contribution is 2.34. The summed E-state index contributed by atoms with van der Waals surface area (Å²) in [5, 5.41) is 18.6. The number of alkyl halides is 2. The van der Waals surface area contributed by atoms with Crippen LogP contribution in [0.5, 0.6) is 5.75 Å². The first-order valence-electron chi connectivity index (χ1n) is 10.3. The van der Waals surface area contributed by atoms with Crippen LogP contribution in [-0.2, 0) is 19.5 Å². The van der Waals surface area contributed by atoms with E-state index in [1.54, 1.807) is 0 Å². The summed E-state index contributed by atoms with van der Waals surface area (Å²) in [7, 11) is 0. The van der Waals surface area contributed by atoms with Crippen molar-refractivity contribution in [3.63, 3.8) is 0 Å². The monoisotopic (exact) mass is 396 g/mol. The van der Waals surface area contributed by atoms with Gasteiger partial charge in [-0.2, -0.15) is 0 Å². The molecule has 0 bridgehead atoms. The minimum Gasteiger partial charge on any atom is -0.493 e. The lowest BCUT2D eigenvalue weighted by Gasteiger charge is -2.25. The second-order valence-corrected chi connectivity index (χ2v) is 8.50. The molecule has 0 radical (unpaired) electrons. The molecule has 156 valence electrons. The number of benzene rings is 1. The van der Waals surface area contributed by atoms with Crippen molar-refractivity contribution in [2.45, 2.75) is 38.3 Å². The number of likely N-dealkylation sites (tertiary alicyclic amines) is 2. The summed E-state index contributed by atoms with van der Waals surface area (Å²) in [5.41, 5.74) is 3.33. The fraction of sp³-hybridized carbons (Fsp3) is 0.714. The highest BCUT2D eigenvalue weighted by Gasteiger charge is 2.34. The van der Waals surface area contributed by atoms with E-state index in [1.807, 2.05) is 4.90 Å². The molecule has 0 unspecified atom stereocenters. The SMILES string of the molecule is OC[C@@H]1CN(Cc2cc3c(c(CN4C[C@@H](CO)[C@H](F)C4)c2)OCCC3)C[C@H]1F. The number of fused-ring (bicyclic) bond motifs is 1. The van der Waals surface area contributed by atoms with Crippen LogP contribution in [0.3, 0.4) is 0 Å². The normalized spacial score (nSPS) is 31.1. The van der Waals surface area contributed by atoms with Crippen molar-refractivity contribution < 1.29 is 23.7 Å². The molecule has 2 fully saturated rings. The van der Waals surface area contributed by atoms with Gasteiger partial charge >= 0.3 is 0 Å². The third-order valence-corrected chi connectivity index (χ3v) is 6.28. The predicted octanol–water partition coefficient (Wildman–Crippen LogP) is 1.54. The average molecular weight is 396 g/mol. The molecule has 3 heterocycles. The van der Waals surface area contributed by atoms with Gasteiger partial charge in [0.2, 0.25) is 0 Å². The van der Waals surface area contributed by atoms with Crippen LogP contribution in [0.15, 0.2) is 12.1 Å². The van der Waals surface area contributed by atoms with Crippen molar-refractivity contribution in [3.8, 4) is 5.75 Å². The molecule has 0 aliphatic carbocycles. The van der Waals surface area contributed by atoms with Gasteiger partial charge in [-0.3, -0.25) is 9.80 Å². The van der Waals surface area contributed by atoms with E-state index < -0.39 is 12.3 Å². The lowest BCUT2D eigenvalue weighted by Crippen LogP contribution is -2.24. The van der Waals surface area contributed by atoms with Crippen LogP contribution in [0, 0.1) is 11.8 Å². The fourth-order valence-electron chi connectivity index (χ4n) is 4.78. The number of aliphatic hydroxyl groups is 2. The van der Waals surface area contributed by atoms with E-state index in [1.165, 1.54) is 5.56 Å². The van der Waals surface area contributed by atoms with E-state index in [-0.39, 0.29) is 25.0 Å². The van der Waals surface area contributed by atoms with Gasteiger partial charge in [0, 0.05) is 69.9 Å². The fourth-order valence-corrected chi connectivity index (χ4v) is 4.78. The number of rotatable bonds is 6. The number of hydrogen-bond donors (Lipinski definition) is 2. The molecule has 28 heavy (non-hydrogen) atoms. The molecule has 3 aliphatic heterocycles.